The molecule has 4 N–H and O–H groups in total. The summed E-state index contributed by atoms with van der Waals surface area (Å²) in [5, 5.41) is 37.4. The molecule has 2 aliphatic rings. The van der Waals surface area contributed by atoms with E-state index < -0.39 is 53.5 Å². The van der Waals surface area contributed by atoms with Gasteiger partial charge >= 0.3 is 23.9 Å². The van der Waals surface area contributed by atoms with Gasteiger partial charge in [0.25, 0.3) is 0 Å². The number of carbonyl (C=O) groups is 4. The number of fused-ring (bicyclic) bond motifs is 1. The second kappa shape index (κ2) is 5.80. The topological polar surface area (TPSA) is 149 Å². The molecule has 0 aromatic carbocycles. The van der Waals surface area contributed by atoms with Crippen molar-refractivity contribution in [3.63, 3.8) is 0 Å². The van der Waals surface area contributed by atoms with Crippen molar-refractivity contribution in [2.75, 3.05) is 19.6 Å². The lowest BCUT2D eigenvalue weighted by Crippen LogP contribution is -2.68. The van der Waals surface area contributed by atoms with Crippen molar-refractivity contribution >= 4 is 23.9 Å². The van der Waals surface area contributed by atoms with Crippen molar-refractivity contribution in [2.24, 2.45) is 11.8 Å². The monoisotopic (exact) mass is 330 g/mol. The maximum Gasteiger partial charge on any atom is 0.366 e. The van der Waals surface area contributed by atoms with Gasteiger partial charge in [0.1, 0.15) is 0 Å². The Balaban J connectivity index is 2.56. The summed E-state index contributed by atoms with van der Waals surface area (Å²) in [5.41, 5.74) is -1.63. The summed E-state index contributed by atoms with van der Waals surface area (Å²) in [7, 11) is 0. The number of carboxylic acids is 4. The van der Waals surface area contributed by atoms with Crippen LogP contribution in [0.3, 0.4) is 0 Å². The Kier molecular flexibility index (Phi) is 4.34. The zero-order valence-corrected chi connectivity index (χ0v) is 12.5. The van der Waals surface area contributed by atoms with Gasteiger partial charge in [0.15, 0.2) is 19.6 Å². The van der Waals surface area contributed by atoms with Gasteiger partial charge < -0.3 is 20.4 Å². The van der Waals surface area contributed by atoms with E-state index in [0.717, 1.165) is 12.8 Å². The third kappa shape index (κ3) is 2.65. The minimum absolute atomic E-state index is 0.369. The van der Waals surface area contributed by atoms with Crippen LogP contribution < -0.4 is 0 Å². The predicted molar refractivity (Wildman–Crippen MR) is 73.6 cm³/mol. The maximum atomic E-state index is 12.0. The fourth-order valence-corrected chi connectivity index (χ4v) is 4.65. The molecule has 0 bridgehead atoms. The largest absolute Gasteiger partial charge is 0.477 e. The molecule has 0 saturated heterocycles. The Hall–Kier alpha value is -2.16. The van der Waals surface area contributed by atoms with Gasteiger partial charge in [-0.25, -0.2) is 19.2 Å². The van der Waals surface area contributed by atoms with E-state index in [0.29, 0.717) is 12.8 Å². The molecule has 0 radical (unpaired) electrons. The number of hydrogen-bond donors (Lipinski definition) is 4. The quantitative estimate of drug-likeness (QED) is 0.443. The van der Waals surface area contributed by atoms with E-state index in [1.807, 2.05) is 0 Å². The molecule has 0 aliphatic heterocycles. The lowest BCUT2D eigenvalue weighted by Gasteiger charge is -2.41. The average molecular weight is 330 g/mol. The minimum Gasteiger partial charge on any atom is -0.477 e. The molecule has 23 heavy (non-hydrogen) atoms. The van der Waals surface area contributed by atoms with Gasteiger partial charge in [-0.05, 0) is 12.8 Å². The van der Waals surface area contributed by atoms with Gasteiger partial charge in [-0.3, -0.25) is 4.48 Å². The minimum atomic E-state index is -1.63. The van der Waals surface area contributed by atoms with Crippen LogP contribution in [0.25, 0.3) is 0 Å². The highest BCUT2D eigenvalue weighted by Crippen LogP contribution is 2.64. The van der Waals surface area contributed by atoms with Crippen LogP contribution in [0.4, 0.5) is 0 Å². The summed E-state index contributed by atoms with van der Waals surface area (Å²) >= 11 is 0. The molecule has 2 unspecified atom stereocenters. The van der Waals surface area contributed by atoms with Crippen molar-refractivity contribution in [1.29, 1.82) is 0 Å². The van der Waals surface area contributed by atoms with Crippen LogP contribution in [-0.2, 0) is 19.2 Å². The first-order chi connectivity index (χ1) is 10.7. The zero-order chi connectivity index (χ0) is 17.4. The van der Waals surface area contributed by atoms with E-state index in [4.69, 9.17) is 0 Å². The first-order valence-electron chi connectivity index (χ1n) is 7.42. The highest BCUT2D eigenvalue weighted by Gasteiger charge is 2.81. The van der Waals surface area contributed by atoms with Crippen LogP contribution in [0.5, 0.6) is 0 Å². The smallest absolute Gasteiger partial charge is 0.366 e. The SMILES string of the molecule is O=C(O)C[N+](CC(=O)O)(CC(=O)O)C1(C(=O)O)C2CCCCC21. The summed E-state index contributed by atoms with van der Waals surface area (Å²) < 4.78 is -0.975. The lowest BCUT2D eigenvalue weighted by molar-refractivity contribution is -0.937. The molecule has 0 heterocycles. The average Bonchev–Trinajstić information content (AvgIpc) is 3.06. The number of nitrogens with zero attached hydrogens (tertiary/aromatic N) is 1. The summed E-state index contributed by atoms with van der Waals surface area (Å²) in [4.78, 5) is 45.9. The molecule has 0 aromatic heterocycles. The highest BCUT2D eigenvalue weighted by molar-refractivity contribution is 5.85. The van der Waals surface area contributed by atoms with Crippen molar-refractivity contribution in [3.8, 4) is 0 Å². The Morgan fingerprint density at radius 1 is 0.783 bits per heavy atom. The van der Waals surface area contributed by atoms with Crippen molar-refractivity contribution in [1.82, 2.24) is 0 Å². The van der Waals surface area contributed by atoms with E-state index in [1.165, 1.54) is 0 Å². The summed E-state index contributed by atoms with van der Waals surface area (Å²) in [6.45, 7) is -2.51. The Bertz CT molecular complexity index is 504. The van der Waals surface area contributed by atoms with Crippen LogP contribution >= 0.6 is 0 Å². The van der Waals surface area contributed by atoms with E-state index >= 15 is 0 Å². The van der Waals surface area contributed by atoms with Crippen molar-refractivity contribution in [2.45, 2.75) is 31.2 Å². The summed E-state index contributed by atoms with van der Waals surface area (Å²) in [5.74, 6) is -6.25. The van der Waals surface area contributed by atoms with E-state index in [1.54, 1.807) is 0 Å². The molecule has 2 rings (SSSR count). The number of rotatable bonds is 8. The highest BCUT2D eigenvalue weighted by atomic mass is 16.4. The molecule has 2 aliphatic carbocycles. The molecule has 2 saturated carbocycles. The summed E-state index contributed by atoms with van der Waals surface area (Å²) in [6.07, 6.45) is 2.67. The number of aliphatic carboxylic acids is 4. The van der Waals surface area contributed by atoms with Crippen LogP contribution in [-0.4, -0.2) is 74.0 Å². The second-order valence-electron chi connectivity index (χ2n) is 6.43. The first-order valence-corrected chi connectivity index (χ1v) is 7.42. The van der Waals surface area contributed by atoms with E-state index in [2.05, 4.69) is 0 Å². The van der Waals surface area contributed by atoms with Gasteiger partial charge in [0.05, 0.1) is 0 Å². The Morgan fingerprint density at radius 2 is 1.13 bits per heavy atom. The lowest BCUT2D eigenvalue weighted by atomic mass is 10.0. The van der Waals surface area contributed by atoms with Crippen LogP contribution in [0.15, 0.2) is 0 Å². The molecule has 2 atom stereocenters. The third-order valence-corrected chi connectivity index (χ3v) is 5.23. The maximum absolute atomic E-state index is 12.0. The molecule has 128 valence electrons. The summed E-state index contributed by atoms with van der Waals surface area (Å²) in [6, 6.07) is 0. The van der Waals surface area contributed by atoms with Gasteiger partial charge in [0, 0.05) is 11.8 Å². The molecular weight excluding hydrogens is 310 g/mol. The molecule has 2 fully saturated rings. The Labute approximate surface area is 131 Å². The van der Waals surface area contributed by atoms with Crippen LogP contribution in [0.2, 0.25) is 0 Å². The molecule has 9 nitrogen and oxygen atoms in total. The van der Waals surface area contributed by atoms with Gasteiger partial charge in [-0.15, -0.1) is 0 Å². The normalized spacial score (nSPS) is 29.4. The molecular formula is C14H20NO8+. The third-order valence-electron chi connectivity index (χ3n) is 5.23. The van der Waals surface area contributed by atoms with Crippen LogP contribution in [0, 0.1) is 11.8 Å². The van der Waals surface area contributed by atoms with Crippen LogP contribution in [0.1, 0.15) is 25.7 Å². The first kappa shape index (κ1) is 17.2. The predicted octanol–water partition coefficient (Wildman–Crippen LogP) is -0.300. The second-order valence-corrected chi connectivity index (χ2v) is 6.43. The number of carboxylic acid groups (broad SMARTS) is 4. The molecule has 9 heteroatoms. The fourth-order valence-electron chi connectivity index (χ4n) is 4.65. The van der Waals surface area contributed by atoms with Gasteiger partial charge in [-0.1, -0.05) is 12.8 Å². The van der Waals surface area contributed by atoms with Gasteiger partial charge in [0.2, 0.25) is 5.54 Å². The molecule has 0 aromatic rings. The molecule has 0 amide bonds. The van der Waals surface area contributed by atoms with Crippen molar-refractivity contribution in [3.05, 3.63) is 0 Å². The molecule has 0 spiro atoms. The number of hydrogen-bond acceptors (Lipinski definition) is 4. The fraction of sp³-hybridized carbons (Fsp3) is 0.714. The standard InChI is InChI=1S/C14H19NO8/c16-10(17)5-15(6-11(18)19,7-12(20)21)14(13(22)23)8-3-1-2-4-9(8)14/h8-9H,1-7H2,(H3-,16,17,18,19,20,21,22,23)/p+1. The van der Waals surface area contributed by atoms with Crippen molar-refractivity contribution < 1.29 is 44.1 Å². The van der Waals surface area contributed by atoms with Gasteiger partial charge in [-0.2, -0.15) is 0 Å². The van der Waals surface area contributed by atoms with E-state index in [9.17, 15) is 39.6 Å². The van der Waals surface area contributed by atoms with E-state index in [-0.39, 0.29) is 11.8 Å². The number of quaternary nitrogens is 1. The zero-order valence-electron chi connectivity index (χ0n) is 12.5. The Morgan fingerprint density at radius 3 is 1.39 bits per heavy atom.